The van der Waals surface area contributed by atoms with Crippen LogP contribution in [0.1, 0.15) is 27.7 Å². The lowest BCUT2D eigenvalue weighted by Gasteiger charge is -2.32. The summed E-state index contributed by atoms with van der Waals surface area (Å²) >= 11 is 5.80. The molecule has 0 unspecified atom stereocenters. The number of anilines is 1. The third-order valence-corrected chi connectivity index (χ3v) is 2.71. The van der Waals surface area contributed by atoms with E-state index in [0.717, 1.165) is 0 Å². The Bertz CT molecular complexity index is 413. The monoisotopic (exact) mass is 257 g/mol. The van der Waals surface area contributed by atoms with Gasteiger partial charge in [-0.05, 0) is 33.8 Å². The summed E-state index contributed by atoms with van der Waals surface area (Å²) in [4.78, 5) is 16.3. The van der Waals surface area contributed by atoms with E-state index in [-0.39, 0.29) is 22.9 Å². The number of hydrogen-bond acceptors (Lipinski definition) is 4. The van der Waals surface area contributed by atoms with Gasteiger partial charge in [0.05, 0.1) is 4.92 Å². The van der Waals surface area contributed by atoms with Crippen LogP contribution >= 0.6 is 11.6 Å². The van der Waals surface area contributed by atoms with Crippen LogP contribution in [0.2, 0.25) is 5.15 Å². The summed E-state index contributed by atoms with van der Waals surface area (Å²) in [5.41, 5.74) is 0.386. The quantitative estimate of drug-likeness (QED) is 0.472. The van der Waals surface area contributed by atoms with Crippen LogP contribution in [0.15, 0.2) is 12.3 Å². The minimum absolute atomic E-state index is 0.0706. The maximum Gasteiger partial charge on any atom is 0.329 e. The van der Waals surface area contributed by atoms with E-state index in [1.54, 1.807) is 6.07 Å². The van der Waals surface area contributed by atoms with Gasteiger partial charge >= 0.3 is 5.69 Å². The molecule has 1 aromatic rings. The van der Waals surface area contributed by atoms with E-state index in [4.69, 9.17) is 11.6 Å². The van der Waals surface area contributed by atoms with Gasteiger partial charge in [0.25, 0.3) is 0 Å². The zero-order valence-electron chi connectivity index (χ0n) is 10.3. The highest BCUT2D eigenvalue weighted by Crippen LogP contribution is 2.35. The van der Waals surface area contributed by atoms with Gasteiger partial charge < -0.3 is 4.90 Å². The van der Waals surface area contributed by atoms with Crippen molar-refractivity contribution in [2.75, 3.05) is 4.90 Å². The molecular weight excluding hydrogens is 242 g/mol. The van der Waals surface area contributed by atoms with Crippen LogP contribution < -0.4 is 4.90 Å². The molecule has 94 valence electrons. The van der Waals surface area contributed by atoms with Gasteiger partial charge in [0.1, 0.15) is 5.69 Å². The van der Waals surface area contributed by atoms with E-state index in [1.165, 1.54) is 6.20 Å². The molecule has 0 aliphatic rings. The second-order valence-electron chi connectivity index (χ2n) is 4.32. The molecule has 0 aliphatic carbocycles. The maximum atomic E-state index is 11.0. The molecule has 0 radical (unpaired) electrons. The second-order valence-corrected chi connectivity index (χ2v) is 4.68. The predicted molar refractivity (Wildman–Crippen MR) is 68.7 cm³/mol. The molecule has 0 N–H and O–H groups in total. The highest BCUT2D eigenvalue weighted by Gasteiger charge is 2.26. The molecule has 0 saturated carbocycles. The van der Waals surface area contributed by atoms with Gasteiger partial charge in [-0.15, -0.1) is 0 Å². The Morgan fingerprint density at radius 2 is 1.88 bits per heavy atom. The zero-order valence-corrected chi connectivity index (χ0v) is 11.1. The Morgan fingerprint density at radius 1 is 1.35 bits per heavy atom. The average Bonchev–Trinajstić information content (AvgIpc) is 2.15. The molecule has 5 nitrogen and oxygen atoms in total. The van der Waals surface area contributed by atoms with E-state index >= 15 is 0 Å². The first kappa shape index (κ1) is 13.7. The molecule has 0 aromatic carbocycles. The smallest absolute Gasteiger partial charge is 0.329 e. The lowest BCUT2D eigenvalue weighted by atomic mass is 10.2. The van der Waals surface area contributed by atoms with Crippen molar-refractivity contribution in [1.29, 1.82) is 0 Å². The minimum atomic E-state index is -0.484. The molecule has 1 aromatic heterocycles. The molecule has 0 fully saturated rings. The van der Waals surface area contributed by atoms with E-state index in [0.29, 0.717) is 5.69 Å². The molecule has 1 rings (SSSR count). The predicted octanol–water partition coefficient (Wildman–Crippen LogP) is 3.27. The first-order valence-corrected chi connectivity index (χ1v) is 5.81. The molecule has 6 heteroatoms. The van der Waals surface area contributed by atoms with Crippen LogP contribution in [0, 0.1) is 10.1 Å². The SMILES string of the molecule is CC(C)N(c1ccnc(Cl)c1[N+](=O)[O-])C(C)C. The van der Waals surface area contributed by atoms with Crippen molar-refractivity contribution in [3.8, 4) is 0 Å². The molecule has 0 spiro atoms. The molecule has 17 heavy (non-hydrogen) atoms. The fourth-order valence-corrected chi connectivity index (χ4v) is 2.17. The topological polar surface area (TPSA) is 59.3 Å². The van der Waals surface area contributed by atoms with E-state index < -0.39 is 4.92 Å². The van der Waals surface area contributed by atoms with Crippen LogP contribution in [-0.4, -0.2) is 22.0 Å². The maximum absolute atomic E-state index is 11.0. The average molecular weight is 258 g/mol. The van der Waals surface area contributed by atoms with Gasteiger partial charge in [0, 0.05) is 18.3 Å². The number of nitro groups is 1. The highest BCUT2D eigenvalue weighted by atomic mass is 35.5. The van der Waals surface area contributed by atoms with Gasteiger partial charge in [0.15, 0.2) is 0 Å². The van der Waals surface area contributed by atoms with Crippen LogP contribution in [0.4, 0.5) is 11.4 Å². The number of hydrogen-bond donors (Lipinski definition) is 0. The van der Waals surface area contributed by atoms with Crippen LogP contribution in [0.3, 0.4) is 0 Å². The van der Waals surface area contributed by atoms with Gasteiger partial charge in [-0.2, -0.15) is 0 Å². The van der Waals surface area contributed by atoms with Gasteiger partial charge in [-0.3, -0.25) is 10.1 Å². The summed E-state index contributed by atoms with van der Waals surface area (Å²) in [6.07, 6.45) is 1.49. The lowest BCUT2D eigenvalue weighted by Crippen LogP contribution is -2.37. The van der Waals surface area contributed by atoms with Crippen molar-refractivity contribution < 1.29 is 4.92 Å². The standard InChI is InChI=1S/C11H16ClN3O2/c1-7(2)14(8(3)4)9-5-6-13-11(12)10(9)15(16)17/h5-8H,1-4H3. The minimum Gasteiger partial charge on any atom is -0.361 e. The fourth-order valence-electron chi connectivity index (χ4n) is 1.95. The van der Waals surface area contributed by atoms with Crippen molar-refractivity contribution in [3.05, 3.63) is 27.5 Å². The summed E-state index contributed by atoms with van der Waals surface area (Å²) in [5, 5.41) is 11.0. The Kier molecular flexibility index (Phi) is 4.28. The molecule has 0 bridgehead atoms. The second kappa shape index (κ2) is 5.31. The number of rotatable bonds is 4. The highest BCUT2D eigenvalue weighted by molar-refractivity contribution is 6.32. The van der Waals surface area contributed by atoms with E-state index in [1.807, 2.05) is 32.6 Å². The first-order valence-electron chi connectivity index (χ1n) is 5.43. The summed E-state index contributed by atoms with van der Waals surface area (Å²) < 4.78 is 0. The zero-order chi connectivity index (χ0) is 13.2. The molecule has 0 atom stereocenters. The van der Waals surface area contributed by atoms with Gasteiger partial charge in [0.2, 0.25) is 5.15 Å². The van der Waals surface area contributed by atoms with Crippen LogP contribution in [0.25, 0.3) is 0 Å². The third kappa shape index (κ3) is 2.85. The van der Waals surface area contributed by atoms with E-state index in [2.05, 4.69) is 4.98 Å². The normalized spacial score (nSPS) is 11.0. The summed E-state index contributed by atoms with van der Waals surface area (Å²) in [7, 11) is 0. The number of halogens is 1. The van der Waals surface area contributed by atoms with Crippen molar-refractivity contribution in [1.82, 2.24) is 4.98 Å². The lowest BCUT2D eigenvalue weighted by molar-refractivity contribution is -0.384. The molecular formula is C11H16ClN3O2. The molecule has 0 saturated heterocycles. The Balaban J connectivity index is 3.38. The molecule has 1 heterocycles. The van der Waals surface area contributed by atoms with Crippen molar-refractivity contribution in [2.45, 2.75) is 39.8 Å². The molecule has 0 amide bonds. The summed E-state index contributed by atoms with van der Waals surface area (Å²) in [6.45, 7) is 7.94. The van der Waals surface area contributed by atoms with Gasteiger partial charge in [-0.1, -0.05) is 11.6 Å². The largest absolute Gasteiger partial charge is 0.361 e. The Hall–Kier alpha value is -1.36. The third-order valence-electron chi connectivity index (χ3n) is 2.43. The number of pyridine rings is 1. The number of aromatic nitrogens is 1. The number of nitrogens with zero attached hydrogens (tertiary/aromatic N) is 3. The van der Waals surface area contributed by atoms with E-state index in [9.17, 15) is 10.1 Å². The van der Waals surface area contributed by atoms with Crippen molar-refractivity contribution in [3.63, 3.8) is 0 Å². The first-order chi connectivity index (χ1) is 7.86. The summed E-state index contributed by atoms with van der Waals surface area (Å²) in [6, 6.07) is 1.92. The van der Waals surface area contributed by atoms with Gasteiger partial charge in [-0.25, -0.2) is 4.98 Å². The van der Waals surface area contributed by atoms with Crippen molar-refractivity contribution in [2.24, 2.45) is 0 Å². The molecule has 0 aliphatic heterocycles. The Morgan fingerprint density at radius 3 is 2.29 bits per heavy atom. The van der Waals surface area contributed by atoms with Crippen molar-refractivity contribution >= 4 is 23.0 Å². The van der Waals surface area contributed by atoms with Crippen LogP contribution in [0.5, 0.6) is 0 Å². The Labute approximate surface area is 106 Å². The summed E-state index contributed by atoms with van der Waals surface area (Å²) in [5.74, 6) is 0. The van der Waals surface area contributed by atoms with Crippen LogP contribution in [-0.2, 0) is 0 Å². The fraction of sp³-hybridized carbons (Fsp3) is 0.545.